The van der Waals surface area contributed by atoms with E-state index in [1.54, 1.807) is 34.0 Å². The summed E-state index contributed by atoms with van der Waals surface area (Å²) in [4.78, 5) is 27.5. The molecule has 2 amide bonds. The molecule has 23 heavy (non-hydrogen) atoms. The van der Waals surface area contributed by atoms with E-state index in [2.05, 4.69) is 10.4 Å². The van der Waals surface area contributed by atoms with E-state index in [1.807, 2.05) is 30.6 Å². The Morgan fingerprint density at radius 2 is 2.30 bits per heavy atom. The monoisotopic (exact) mass is 332 g/mol. The van der Waals surface area contributed by atoms with Crippen LogP contribution < -0.4 is 5.32 Å². The fraction of sp³-hybridized carbons (Fsp3) is 0.438. The first-order valence-corrected chi connectivity index (χ1v) is 8.61. The van der Waals surface area contributed by atoms with Crippen molar-refractivity contribution in [2.45, 2.75) is 32.4 Å². The van der Waals surface area contributed by atoms with E-state index in [9.17, 15) is 9.59 Å². The Morgan fingerprint density at radius 3 is 2.96 bits per heavy atom. The second-order valence-corrected chi connectivity index (χ2v) is 6.64. The lowest BCUT2D eigenvalue weighted by Gasteiger charge is -2.37. The zero-order valence-electron chi connectivity index (χ0n) is 13.2. The van der Waals surface area contributed by atoms with Crippen molar-refractivity contribution in [3.63, 3.8) is 0 Å². The summed E-state index contributed by atoms with van der Waals surface area (Å²) in [5.74, 6) is 0.302. The lowest BCUT2D eigenvalue weighted by atomic mass is 9.87. The largest absolute Gasteiger partial charge is 0.337 e. The third-order valence-corrected chi connectivity index (χ3v) is 5.19. The van der Waals surface area contributed by atoms with Gasteiger partial charge in [0.05, 0.1) is 12.0 Å². The molecule has 0 aromatic carbocycles. The highest BCUT2D eigenvalue weighted by atomic mass is 32.1. The van der Waals surface area contributed by atoms with Crippen molar-refractivity contribution in [2.24, 2.45) is 5.92 Å². The minimum Gasteiger partial charge on any atom is -0.337 e. The molecule has 7 heteroatoms. The highest BCUT2D eigenvalue weighted by Crippen LogP contribution is 2.38. The summed E-state index contributed by atoms with van der Waals surface area (Å²) in [6.07, 6.45) is 2.80. The molecule has 0 radical (unpaired) electrons. The van der Waals surface area contributed by atoms with Gasteiger partial charge in [-0.05, 0) is 24.8 Å². The molecule has 3 heterocycles. The quantitative estimate of drug-likeness (QED) is 0.935. The summed E-state index contributed by atoms with van der Waals surface area (Å²) in [5.41, 5.74) is 0. The van der Waals surface area contributed by atoms with Gasteiger partial charge in [0.25, 0.3) is 0 Å². The van der Waals surface area contributed by atoms with Crippen LogP contribution in [-0.4, -0.2) is 33.5 Å². The Hall–Kier alpha value is -2.15. The van der Waals surface area contributed by atoms with Crippen LogP contribution in [0.1, 0.15) is 30.7 Å². The smallest absolute Gasteiger partial charge is 0.231 e. The molecule has 0 spiro atoms. The topological polar surface area (TPSA) is 67.2 Å². The molecule has 1 aliphatic heterocycles. The van der Waals surface area contributed by atoms with E-state index in [-0.39, 0.29) is 23.8 Å². The molecule has 1 aliphatic rings. The van der Waals surface area contributed by atoms with E-state index >= 15 is 0 Å². The molecule has 6 nitrogen and oxygen atoms in total. The lowest BCUT2D eigenvalue weighted by Crippen LogP contribution is -2.44. The van der Waals surface area contributed by atoms with Gasteiger partial charge < -0.3 is 10.2 Å². The van der Waals surface area contributed by atoms with E-state index in [1.165, 1.54) is 0 Å². The summed E-state index contributed by atoms with van der Waals surface area (Å²) in [6, 6.07) is 5.52. The van der Waals surface area contributed by atoms with Gasteiger partial charge in [-0.3, -0.25) is 14.3 Å². The minimum absolute atomic E-state index is 0.0795. The van der Waals surface area contributed by atoms with Crippen molar-refractivity contribution in [1.29, 1.82) is 0 Å². The highest BCUT2D eigenvalue weighted by molar-refractivity contribution is 7.10. The minimum atomic E-state index is -0.261. The van der Waals surface area contributed by atoms with Gasteiger partial charge in [0.2, 0.25) is 11.8 Å². The second-order valence-electron chi connectivity index (χ2n) is 5.66. The fourth-order valence-corrected chi connectivity index (χ4v) is 3.92. The number of carbonyl (C=O) groups is 2. The molecule has 0 saturated carbocycles. The van der Waals surface area contributed by atoms with Gasteiger partial charge in [-0.2, -0.15) is 5.10 Å². The Kier molecular flexibility index (Phi) is 4.47. The van der Waals surface area contributed by atoms with Gasteiger partial charge in [0.15, 0.2) is 5.82 Å². The number of nitrogens with zero attached hydrogens (tertiary/aromatic N) is 3. The van der Waals surface area contributed by atoms with Crippen LogP contribution >= 0.6 is 11.3 Å². The van der Waals surface area contributed by atoms with Crippen LogP contribution in [0.5, 0.6) is 0 Å². The van der Waals surface area contributed by atoms with E-state index < -0.39 is 0 Å². The first kappa shape index (κ1) is 15.7. The zero-order valence-corrected chi connectivity index (χ0v) is 14.0. The van der Waals surface area contributed by atoms with Crippen molar-refractivity contribution in [2.75, 3.05) is 12.4 Å². The van der Waals surface area contributed by atoms with Crippen molar-refractivity contribution in [3.05, 3.63) is 34.7 Å². The van der Waals surface area contributed by atoms with Gasteiger partial charge in [-0.1, -0.05) is 6.07 Å². The van der Waals surface area contributed by atoms with Crippen molar-refractivity contribution < 1.29 is 9.59 Å². The molecule has 2 aromatic heterocycles. The third-order valence-electron chi connectivity index (χ3n) is 4.25. The molecule has 0 bridgehead atoms. The maximum atomic E-state index is 12.7. The number of amides is 2. The maximum absolute atomic E-state index is 12.7. The Labute approximate surface area is 139 Å². The lowest BCUT2D eigenvalue weighted by molar-refractivity contribution is -0.140. The summed E-state index contributed by atoms with van der Waals surface area (Å²) in [7, 11) is 1.78. The molecule has 3 rings (SSSR count). The van der Waals surface area contributed by atoms with Gasteiger partial charge in [-0.15, -0.1) is 11.3 Å². The highest BCUT2D eigenvalue weighted by Gasteiger charge is 2.39. The van der Waals surface area contributed by atoms with Crippen LogP contribution in [0.15, 0.2) is 29.8 Å². The maximum Gasteiger partial charge on any atom is 0.231 e. The molecule has 1 fully saturated rings. The average molecular weight is 332 g/mol. The molecule has 2 atom stereocenters. The molecule has 122 valence electrons. The van der Waals surface area contributed by atoms with Crippen molar-refractivity contribution in [1.82, 2.24) is 14.7 Å². The van der Waals surface area contributed by atoms with E-state index in [0.717, 1.165) is 11.4 Å². The van der Waals surface area contributed by atoms with Crippen LogP contribution in [0.3, 0.4) is 0 Å². The molecule has 1 saturated heterocycles. The van der Waals surface area contributed by atoms with Gasteiger partial charge in [0.1, 0.15) is 0 Å². The number of nitrogens with one attached hydrogen (secondary N) is 1. The zero-order chi connectivity index (χ0) is 16.4. The standard InChI is InChI=1S/C16H20N4O2S/c1-3-20-9-8-13(18-20)17-16(22)11-6-7-14(21)19(2)15(11)12-5-4-10-23-12/h4-5,8-11,15H,3,6-7H2,1-2H3,(H,17,18,22)/t11-,15+/m1/s1. The summed E-state index contributed by atoms with van der Waals surface area (Å²) < 4.78 is 1.77. The number of rotatable bonds is 4. The Morgan fingerprint density at radius 1 is 1.48 bits per heavy atom. The van der Waals surface area contributed by atoms with Gasteiger partial charge >= 0.3 is 0 Å². The fourth-order valence-electron chi connectivity index (χ4n) is 2.98. The van der Waals surface area contributed by atoms with E-state index in [4.69, 9.17) is 0 Å². The summed E-state index contributed by atoms with van der Waals surface area (Å²) in [5, 5.41) is 9.15. The van der Waals surface area contributed by atoms with Crippen LogP contribution in [0.4, 0.5) is 5.82 Å². The number of aryl methyl sites for hydroxylation is 1. The molecular formula is C16H20N4O2S. The van der Waals surface area contributed by atoms with Crippen LogP contribution in [0.25, 0.3) is 0 Å². The number of hydrogen-bond acceptors (Lipinski definition) is 4. The number of carbonyl (C=O) groups excluding carboxylic acids is 2. The predicted molar refractivity (Wildman–Crippen MR) is 89.1 cm³/mol. The number of aromatic nitrogens is 2. The number of hydrogen-bond donors (Lipinski definition) is 1. The number of anilines is 1. The number of likely N-dealkylation sites (tertiary alicyclic amines) is 1. The van der Waals surface area contributed by atoms with Crippen LogP contribution in [-0.2, 0) is 16.1 Å². The first-order valence-electron chi connectivity index (χ1n) is 7.73. The van der Waals surface area contributed by atoms with Crippen LogP contribution in [0.2, 0.25) is 0 Å². The number of thiophene rings is 1. The summed E-state index contributed by atoms with van der Waals surface area (Å²) >= 11 is 1.58. The molecular weight excluding hydrogens is 312 g/mol. The Bertz CT molecular complexity index is 695. The molecule has 0 aliphatic carbocycles. The van der Waals surface area contributed by atoms with Crippen LogP contribution in [0, 0.1) is 5.92 Å². The third kappa shape index (κ3) is 3.14. The SMILES string of the molecule is CCn1ccc(NC(=O)[C@@H]2CCC(=O)N(C)[C@@H]2c2cccs2)n1. The van der Waals surface area contributed by atoms with Crippen molar-refractivity contribution >= 4 is 29.0 Å². The second kappa shape index (κ2) is 6.54. The van der Waals surface area contributed by atoms with Gasteiger partial charge in [0, 0.05) is 37.2 Å². The van der Waals surface area contributed by atoms with Crippen molar-refractivity contribution in [3.8, 4) is 0 Å². The Balaban J connectivity index is 1.80. The normalized spacial score (nSPS) is 21.5. The average Bonchev–Trinajstić information content (AvgIpc) is 3.21. The molecule has 2 aromatic rings. The first-order chi connectivity index (χ1) is 11.1. The molecule has 0 unspecified atom stereocenters. The van der Waals surface area contributed by atoms with E-state index in [0.29, 0.717) is 18.7 Å². The van der Waals surface area contributed by atoms with Gasteiger partial charge in [-0.25, -0.2) is 0 Å². The number of piperidine rings is 1. The predicted octanol–water partition coefficient (Wildman–Crippen LogP) is 2.51. The molecule has 1 N–H and O–H groups in total. The summed E-state index contributed by atoms with van der Waals surface area (Å²) in [6.45, 7) is 2.75.